The van der Waals surface area contributed by atoms with Gasteiger partial charge in [-0.3, -0.25) is 15.0 Å². The number of pyridine rings is 1. The molecule has 0 saturated heterocycles. The van der Waals surface area contributed by atoms with Gasteiger partial charge in [0.15, 0.2) is 0 Å². The van der Waals surface area contributed by atoms with E-state index in [1.54, 1.807) is 36.6 Å². The third-order valence-electron chi connectivity index (χ3n) is 4.00. The van der Waals surface area contributed by atoms with Crippen LogP contribution in [0, 0.1) is 0 Å². The average molecular weight is 326 g/mol. The lowest BCUT2D eigenvalue weighted by Crippen LogP contribution is -2.16. The predicted molar refractivity (Wildman–Crippen MR) is 97.2 cm³/mol. The van der Waals surface area contributed by atoms with Gasteiger partial charge in [0.25, 0.3) is 0 Å². The highest BCUT2D eigenvalue weighted by Gasteiger charge is 2.19. The normalized spacial score (nSPS) is 13.4. The zero-order chi connectivity index (χ0) is 17.2. The van der Waals surface area contributed by atoms with Gasteiger partial charge in [-0.15, -0.1) is 0 Å². The topological polar surface area (TPSA) is 71.4 Å². The van der Waals surface area contributed by atoms with E-state index in [-0.39, 0.29) is 22.6 Å². The van der Waals surface area contributed by atoms with Crippen LogP contribution in [0.25, 0.3) is 21.8 Å². The van der Waals surface area contributed by atoms with E-state index in [1.165, 1.54) is 0 Å². The van der Waals surface area contributed by atoms with Crippen molar-refractivity contribution >= 4 is 39.6 Å². The molecular weight excluding hydrogens is 314 g/mol. The number of allylic oxidation sites excluding steroid dienone is 3. The summed E-state index contributed by atoms with van der Waals surface area (Å²) in [6.45, 7) is 0. The lowest BCUT2D eigenvalue weighted by molar-refractivity contribution is 0.106. The largest absolute Gasteiger partial charge is 0.287 e. The Hall–Kier alpha value is -3.60. The Morgan fingerprint density at radius 1 is 1.04 bits per heavy atom. The maximum absolute atomic E-state index is 12.8. The summed E-state index contributed by atoms with van der Waals surface area (Å²) in [5.41, 5.74) is 4.81. The number of carbonyl (C=O) groups excluding carboxylic acids is 2. The Balaban J connectivity index is 1.92. The summed E-state index contributed by atoms with van der Waals surface area (Å²) in [4.78, 5) is 29.0. The number of aromatic nitrogens is 1. The van der Waals surface area contributed by atoms with E-state index < -0.39 is 0 Å². The van der Waals surface area contributed by atoms with Crippen molar-refractivity contribution in [3.63, 3.8) is 0 Å². The molecule has 3 aromatic rings. The number of rotatable bonds is 3. The number of nitrogens with zero attached hydrogens (tertiary/aromatic N) is 2. The van der Waals surface area contributed by atoms with E-state index in [2.05, 4.69) is 15.5 Å². The van der Waals surface area contributed by atoms with Crippen molar-refractivity contribution in [3.8, 4) is 0 Å². The third-order valence-corrected chi connectivity index (χ3v) is 4.00. The summed E-state index contributed by atoms with van der Waals surface area (Å²) >= 11 is 0. The molecule has 0 spiro atoms. The van der Waals surface area contributed by atoms with Crippen LogP contribution in [0.2, 0.25) is 0 Å². The first-order valence-corrected chi connectivity index (χ1v) is 7.70. The highest BCUT2D eigenvalue weighted by Crippen LogP contribution is 2.25. The quantitative estimate of drug-likeness (QED) is 0.593. The van der Waals surface area contributed by atoms with Gasteiger partial charge in [-0.2, -0.15) is 5.10 Å². The van der Waals surface area contributed by atoms with Crippen molar-refractivity contribution in [3.05, 3.63) is 78.0 Å². The van der Waals surface area contributed by atoms with Crippen LogP contribution in [0.5, 0.6) is 0 Å². The summed E-state index contributed by atoms with van der Waals surface area (Å²) in [6.07, 6.45) is 8.55. The van der Waals surface area contributed by atoms with Crippen LogP contribution in [0.4, 0.5) is 0 Å². The van der Waals surface area contributed by atoms with Crippen molar-refractivity contribution in [1.29, 1.82) is 0 Å². The van der Waals surface area contributed by atoms with Crippen LogP contribution in [0.3, 0.4) is 0 Å². The minimum Gasteiger partial charge on any atom is -0.287 e. The van der Waals surface area contributed by atoms with Gasteiger partial charge in [-0.05, 0) is 36.4 Å². The van der Waals surface area contributed by atoms with Crippen LogP contribution >= 0.6 is 0 Å². The van der Waals surface area contributed by atoms with Crippen LogP contribution in [0.15, 0.2) is 72.0 Å². The van der Waals surface area contributed by atoms with Crippen molar-refractivity contribution in [2.75, 3.05) is 0 Å². The zero-order valence-electron chi connectivity index (χ0n) is 13.1. The number of para-hydroxylation sites is 1. The van der Waals surface area contributed by atoms with Crippen molar-refractivity contribution in [1.82, 2.24) is 10.4 Å². The first-order chi connectivity index (χ1) is 12.3. The average Bonchev–Trinajstić information content (AvgIpc) is 2.94. The molecule has 1 aromatic heterocycles. The molecule has 5 heteroatoms. The molecule has 1 radical (unpaired) electrons. The summed E-state index contributed by atoms with van der Waals surface area (Å²) in [5.74, 6) is -0.346. The van der Waals surface area contributed by atoms with Gasteiger partial charge < -0.3 is 0 Å². The van der Waals surface area contributed by atoms with Crippen LogP contribution < -0.4 is 5.43 Å². The summed E-state index contributed by atoms with van der Waals surface area (Å²) in [6, 6.07) is 12.8. The highest BCUT2D eigenvalue weighted by atomic mass is 16.1. The lowest BCUT2D eigenvalue weighted by Gasteiger charge is -2.08. The second kappa shape index (κ2) is 6.13. The fraction of sp³-hybridized carbons (Fsp3) is 0. The Kier molecular flexibility index (Phi) is 3.67. The predicted octanol–water partition coefficient (Wildman–Crippen LogP) is 3.06. The van der Waals surface area contributed by atoms with Gasteiger partial charge in [-0.1, -0.05) is 24.3 Å². The maximum atomic E-state index is 12.8. The Labute approximate surface area is 143 Å². The molecule has 0 fully saturated rings. The van der Waals surface area contributed by atoms with E-state index in [0.29, 0.717) is 10.9 Å². The molecule has 4 rings (SSSR count). The molecule has 5 nitrogen and oxygen atoms in total. The van der Waals surface area contributed by atoms with Crippen LogP contribution in [-0.4, -0.2) is 22.8 Å². The maximum Gasteiger partial charge on any atom is 0.235 e. The van der Waals surface area contributed by atoms with Gasteiger partial charge in [-0.25, -0.2) is 4.98 Å². The molecule has 0 unspecified atom stereocenters. The number of hydrazone groups is 1. The van der Waals surface area contributed by atoms with E-state index >= 15 is 0 Å². The van der Waals surface area contributed by atoms with E-state index in [0.717, 1.165) is 10.9 Å². The molecule has 1 aliphatic rings. The SMILES string of the molecule is O=[C]c1c(C(=O)C2=NNC=CC=C2)ccc2nc3ccccc3cc12. The van der Waals surface area contributed by atoms with Gasteiger partial charge in [0, 0.05) is 28.1 Å². The number of Topliss-reactive ketones (excluding diaryl/α,β-unsaturated/α-hetero) is 1. The number of ketones is 1. The summed E-state index contributed by atoms with van der Waals surface area (Å²) in [5, 5.41) is 5.50. The fourth-order valence-corrected chi connectivity index (χ4v) is 2.80. The first-order valence-electron chi connectivity index (χ1n) is 7.70. The Bertz CT molecular complexity index is 1110. The molecule has 2 heterocycles. The monoisotopic (exact) mass is 326 g/mol. The van der Waals surface area contributed by atoms with E-state index in [4.69, 9.17) is 0 Å². The molecule has 1 N–H and O–H groups in total. The molecule has 0 aliphatic carbocycles. The number of carbonyl (C=O) groups is 1. The Morgan fingerprint density at radius 2 is 1.92 bits per heavy atom. The van der Waals surface area contributed by atoms with Gasteiger partial charge in [0.05, 0.1) is 11.0 Å². The molecule has 2 aromatic carbocycles. The highest BCUT2D eigenvalue weighted by molar-refractivity contribution is 6.50. The number of benzene rings is 2. The van der Waals surface area contributed by atoms with Crippen LogP contribution in [-0.2, 0) is 4.79 Å². The molecule has 0 saturated carbocycles. The number of fused-ring (bicyclic) bond motifs is 2. The molecule has 0 bridgehead atoms. The summed E-state index contributed by atoms with van der Waals surface area (Å²) in [7, 11) is 0. The van der Waals surface area contributed by atoms with E-state index in [1.807, 2.05) is 36.6 Å². The number of hydrogen-bond acceptors (Lipinski definition) is 5. The molecule has 0 amide bonds. The minimum atomic E-state index is -0.346. The number of hydrogen-bond donors (Lipinski definition) is 1. The van der Waals surface area contributed by atoms with Gasteiger partial charge >= 0.3 is 0 Å². The van der Waals surface area contributed by atoms with Gasteiger partial charge in [0.2, 0.25) is 12.1 Å². The smallest absolute Gasteiger partial charge is 0.235 e. The number of nitrogens with one attached hydrogen (secondary N) is 1. The molecule has 119 valence electrons. The Morgan fingerprint density at radius 3 is 2.80 bits per heavy atom. The first kappa shape index (κ1) is 15.0. The zero-order valence-corrected chi connectivity index (χ0v) is 13.1. The van der Waals surface area contributed by atoms with Crippen molar-refractivity contribution in [2.24, 2.45) is 5.10 Å². The molecule has 0 atom stereocenters. The van der Waals surface area contributed by atoms with Gasteiger partial charge in [0.1, 0.15) is 5.71 Å². The second-order valence-electron chi connectivity index (χ2n) is 5.51. The molecular formula is C20H12N3O2. The second-order valence-corrected chi connectivity index (χ2v) is 5.51. The fourth-order valence-electron chi connectivity index (χ4n) is 2.80. The van der Waals surface area contributed by atoms with Crippen LogP contribution in [0.1, 0.15) is 15.9 Å². The van der Waals surface area contributed by atoms with Crippen molar-refractivity contribution in [2.45, 2.75) is 0 Å². The molecule has 1 aliphatic heterocycles. The summed E-state index contributed by atoms with van der Waals surface area (Å²) < 4.78 is 0. The van der Waals surface area contributed by atoms with Crippen molar-refractivity contribution < 1.29 is 9.59 Å². The third kappa shape index (κ3) is 2.61. The van der Waals surface area contributed by atoms with E-state index in [9.17, 15) is 9.59 Å². The minimum absolute atomic E-state index is 0.203. The molecule has 25 heavy (non-hydrogen) atoms. The standard InChI is InChI=1S/C20H12N3O2/c24-12-16-14(20(25)19-7-3-4-10-21-23-19)8-9-18-15(16)11-13-5-1-2-6-17(13)22-18/h1-11,21H. The lowest BCUT2D eigenvalue weighted by atomic mass is 9.96.